The van der Waals surface area contributed by atoms with E-state index in [2.05, 4.69) is 27.2 Å². The molecule has 13 heavy (non-hydrogen) atoms. The zero-order valence-corrected chi connectivity index (χ0v) is 10.1. The number of nitrogens with one attached hydrogen (secondary N) is 1. The minimum Gasteiger partial charge on any atom is -0.342 e. The maximum absolute atomic E-state index is 11.5. The highest BCUT2D eigenvalue weighted by atomic mass is 79.9. The molecule has 2 unspecified atom stereocenters. The molecule has 2 nitrogen and oxygen atoms in total. The van der Waals surface area contributed by atoms with Gasteiger partial charge in [0.1, 0.15) is 0 Å². The highest BCUT2D eigenvalue weighted by molar-refractivity contribution is 9.10. The number of carbonyl (C=O) groups is 1. The number of halogens is 1. The smallest absolute Gasteiger partial charge is 0.235 e. The number of terminal acetylenes is 1. The average molecular weight is 246 g/mol. The molecule has 1 amide bonds. The summed E-state index contributed by atoms with van der Waals surface area (Å²) in [7, 11) is 0. The van der Waals surface area contributed by atoms with Gasteiger partial charge in [-0.25, -0.2) is 0 Å². The van der Waals surface area contributed by atoms with Crippen LogP contribution in [0.2, 0.25) is 0 Å². The van der Waals surface area contributed by atoms with Crippen LogP contribution in [0.5, 0.6) is 0 Å². The molecule has 0 saturated heterocycles. The summed E-state index contributed by atoms with van der Waals surface area (Å²) in [5, 5.41) is 2.71. The second-order valence-electron chi connectivity index (χ2n) is 4.13. The molecule has 0 spiro atoms. The first-order chi connectivity index (χ1) is 5.79. The Hall–Kier alpha value is -0.490. The fraction of sp³-hybridized carbons (Fsp3) is 0.700. The van der Waals surface area contributed by atoms with Crippen molar-refractivity contribution in [3.8, 4) is 12.3 Å². The van der Waals surface area contributed by atoms with Gasteiger partial charge in [-0.1, -0.05) is 42.6 Å². The molecule has 3 heteroatoms. The van der Waals surface area contributed by atoms with Crippen LogP contribution in [-0.2, 0) is 4.79 Å². The molecule has 0 aliphatic carbocycles. The average Bonchev–Trinajstić information content (AvgIpc) is 2.01. The predicted molar refractivity (Wildman–Crippen MR) is 58.6 cm³/mol. The lowest BCUT2D eigenvalue weighted by atomic mass is 9.91. The van der Waals surface area contributed by atoms with Crippen LogP contribution in [0, 0.1) is 17.8 Å². The van der Waals surface area contributed by atoms with Crippen molar-refractivity contribution < 1.29 is 4.79 Å². The largest absolute Gasteiger partial charge is 0.342 e. The van der Waals surface area contributed by atoms with Crippen molar-refractivity contribution in [2.24, 2.45) is 5.41 Å². The summed E-state index contributed by atoms with van der Waals surface area (Å²) in [5.74, 6) is 2.39. The lowest BCUT2D eigenvalue weighted by molar-refractivity contribution is -0.122. The summed E-state index contributed by atoms with van der Waals surface area (Å²) >= 11 is 3.34. The van der Waals surface area contributed by atoms with Gasteiger partial charge in [-0.2, -0.15) is 0 Å². The van der Waals surface area contributed by atoms with Crippen LogP contribution in [0.3, 0.4) is 0 Å². The van der Waals surface area contributed by atoms with E-state index in [1.807, 2.05) is 20.8 Å². The molecular weight excluding hydrogens is 230 g/mol. The number of amides is 1. The van der Waals surface area contributed by atoms with Gasteiger partial charge in [0.2, 0.25) is 5.91 Å². The molecule has 74 valence electrons. The highest BCUT2D eigenvalue weighted by Gasteiger charge is 2.28. The molecule has 0 bridgehead atoms. The predicted octanol–water partition coefficient (Wildman–Crippen LogP) is 1.93. The second-order valence-corrected chi connectivity index (χ2v) is 5.04. The summed E-state index contributed by atoms with van der Waals surface area (Å²) in [5.41, 5.74) is -0.0988. The van der Waals surface area contributed by atoms with Crippen LogP contribution >= 0.6 is 15.9 Å². The van der Waals surface area contributed by atoms with E-state index in [0.717, 1.165) is 0 Å². The normalized spacial score (nSPS) is 15.7. The van der Waals surface area contributed by atoms with Crippen LogP contribution in [0.25, 0.3) is 0 Å². The Morgan fingerprint density at radius 2 is 2.00 bits per heavy atom. The Bertz CT molecular complexity index is 224. The maximum atomic E-state index is 11.5. The summed E-state index contributed by atoms with van der Waals surface area (Å²) < 4.78 is 0. The summed E-state index contributed by atoms with van der Waals surface area (Å²) in [6.45, 7) is 7.76. The first kappa shape index (κ1) is 12.5. The van der Waals surface area contributed by atoms with E-state index in [0.29, 0.717) is 0 Å². The first-order valence-electron chi connectivity index (χ1n) is 4.19. The van der Waals surface area contributed by atoms with Crippen LogP contribution in [-0.4, -0.2) is 16.8 Å². The fourth-order valence-electron chi connectivity index (χ4n) is 0.722. The van der Waals surface area contributed by atoms with E-state index in [9.17, 15) is 4.79 Å². The van der Waals surface area contributed by atoms with Crippen LogP contribution in [0.4, 0.5) is 0 Å². The highest BCUT2D eigenvalue weighted by Crippen LogP contribution is 2.25. The summed E-state index contributed by atoms with van der Waals surface area (Å²) in [6, 6.07) is -0.213. The summed E-state index contributed by atoms with van der Waals surface area (Å²) in [6.07, 6.45) is 5.15. The van der Waals surface area contributed by atoms with Gasteiger partial charge in [-0.05, 0) is 12.3 Å². The maximum Gasteiger partial charge on any atom is 0.235 e. The van der Waals surface area contributed by atoms with Crippen molar-refractivity contribution >= 4 is 21.8 Å². The van der Waals surface area contributed by atoms with Crippen LogP contribution < -0.4 is 5.32 Å². The monoisotopic (exact) mass is 245 g/mol. The standard InChI is InChI=1S/C10H16BrNO/c1-6-7(2)12-9(13)8(11)10(3,4)5/h1,7-8H,2-5H3,(H,12,13). The summed E-state index contributed by atoms with van der Waals surface area (Å²) in [4.78, 5) is 11.3. The Kier molecular flexibility index (Phi) is 4.49. The van der Waals surface area contributed by atoms with E-state index in [-0.39, 0.29) is 22.2 Å². The van der Waals surface area contributed by atoms with Crippen molar-refractivity contribution in [2.45, 2.75) is 38.6 Å². The molecule has 0 aromatic heterocycles. The fourth-order valence-corrected chi connectivity index (χ4v) is 0.854. The molecule has 1 N–H and O–H groups in total. The molecule has 0 aromatic carbocycles. The molecule has 0 fully saturated rings. The third-order valence-corrected chi connectivity index (χ3v) is 3.39. The SMILES string of the molecule is C#CC(C)NC(=O)C(Br)C(C)(C)C. The zero-order chi connectivity index (χ0) is 10.6. The lowest BCUT2D eigenvalue weighted by Crippen LogP contribution is -2.42. The molecule has 0 rings (SSSR count). The molecule has 2 atom stereocenters. The number of alkyl halides is 1. The quantitative estimate of drug-likeness (QED) is 0.585. The van der Waals surface area contributed by atoms with Crippen LogP contribution in [0.15, 0.2) is 0 Å². The Morgan fingerprint density at radius 3 is 2.31 bits per heavy atom. The van der Waals surface area contributed by atoms with Crippen LogP contribution in [0.1, 0.15) is 27.7 Å². The molecule has 0 aromatic rings. The molecule has 0 saturated carbocycles. The first-order valence-corrected chi connectivity index (χ1v) is 5.11. The third-order valence-electron chi connectivity index (χ3n) is 1.60. The van der Waals surface area contributed by atoms with Gasteiger partial charge in [-0.3, -0.25) is 4.79 Å². The van der Waals surface area contributed by atoms with E-state index >= 15 is 0 Å². The zero-order valence-electron chi connectivity index (χ0n) is 8.52. The minimum atomic E-state index is -0.213. The molecule has 0 heterocycles. The number of hydrogen-bond acceptors (Lipinski definition) is 1. The Labute approximate surface area is 88.6 Å². The lowest BCUT2D eigenvalue weighted by Gasteiger charge is -2.25. The van der Waals surface area contributed by atoms with Gasteiger partial charge in [0.25, 0.3) is 0 Å². The number of carbonyl (C=O) groups excluding carboxylic acids is 1. The van der Waals surface area contributed by atoms with Gasteiger partial charge < -0.3 is 5.32 Å². The molecular formula is C10H16BrNO. The number of hydrogen-bond donors (Lipinski definition) is 1. The van der Waals surface area contributed by atoms with E-state index in [4.69, 9.17) is 6.42 Å². The van der Waals surface area contributed by atoms with Crippen molar-refractivity contribution in [3.05, 3.63) is 0 Å². The topological polar surface area (TPSA) is 29.1 Å². The van der Waals surface area contributed by atoms with E-state index in [1.165, 1.54) is 0 Å². The van der Waals surface area contributed by atoms with Gasteiger partial charge in [-0.15, -0.1) is 6.42 Å². The number of rotatable bonds is 2. The van der Waals surface area contributed by atoms with Crippen molar-refractivity contribution in [3.63, 3.8) is 0 Å². The Balaban J connectivity index is 4.22. The van der Waals surface area contributed by atoms with Crippen molar-refractivity contribution in [1.29, 1.82) is 0 Å². The molecule has 0 radical (unpaired) electrons. The van der Waals surface area contributed by atoms with Gasteiger partial charge in [0.05, 0.1) is 10.9 Å². The van der Waals surface area contributed by atoms with Gasteiger partial charge in [0.15, 0.2) is 0 Å². The van der Waals surface area contributed by atoms with Crippen molar-refractivity contribution in [2.75, 3.05) is 0 Å². The Morgan fingerprint density at radius 1 is 1.54 bits per heavy atom. The third kappa shape index (κ3) is 4.33. The minimum absolute atomic E-state index is 0.0575. The van der Waals surface area contributed by atoms with Gasteiger partial charge in [0, 0.05) is 0 Å². The second kappa shape index (κ2) is 4.66. The van der Waals surface area contributed by atoms with E-state index < -0.39 is 0 Å². The van der Waals surface area contributed by atoms with Crippen molar-refractivity contribution in [1.82, 2.24) is 5.32 Å². The molecule has 0 aliphatic heterocycles. The molecule has 0 aliphatic rings. The van der Waals surface area contributed by atoms with E-state index in [1.54, 1.807) is 6.92 Å². The van der Waals surface area contributed by atoms with Gasteiger partial charge >= 0.3 is 0 Å².